The van der Waals surface area contributed by atoms with Crippen LogP contribution in [0.2, 0.25) is 5.02 Å². The van der Waals surface area contributed by atoms with E-state index in [1.807, 2.05) is 0 Å². The van der Waals surface area contributed by atoms with Crippen LogP contribution in [0.4, 0.5) is 19.3 Å². The highest BCUT2D eigenvalue weighted by Gasteiger charge is 2.10. The Bertz CT molecular complexity index is 466. The Kier molecular flexibility index (Phi) is 6.08. The van der Waals surface area contributed by atoms with E-state index in [-0.39, 0.29) is 17.4 Å². The summed E-state index contributed by atoms with van der Waals surface area (Å²) < 4.78 is 33.0. The normalized spacial score (nSPS) is 10.8. The van der Waals surface area contributed by atoms with Gasteiger partial charge in [0, 0.05) is 5.69 Å². The average molecular weight is 292 g/mol. The number of benzene rings is 1. The molecule has 0 heterocycles. The number of nitrogens with one attached hydrogen (secondary N) is 1. The third kappa shape index (κ3) is 5.56. The van der Waals surface area contributed by atoms with E-state index in [0.717, 1.165) is 0 Å². The molecule has 0 bridgehead atoms. The molecule has 0 fully saturated rings. The van der Waals surface area contributed by atoms with Crippen LogP contribution in [-0.2, 0) is 4.74 Å². The van der Waals surface area contributed by atoms with E-state index in [9.17, 15) is 13.6 Å². The molecule has 0 radical (unpaired) electrons. The molecule has 1 N–H and O–H groups in total. The second kappa shape index (κ2) is 7.58. The number of rotatable bonds is 5. The quantitative estimate of drug-likeness (QED) is 0.832. The lowest BCUT2D eigenvalue weighted by Gasteiger charge is -2.09. The highest BCUT2D eigenvalue weighted by atomic mass is 35.5. The minimum absolute atomic E-state index is 0.0356. The van der Waals surface area contributed by atoms with Gasteiger partial charge in [-0.3, -0.25) is 5.32 Å². The maximum absolute atomic E-state index is 12.0. The minimum Gasteiger partial charge on any atom is -0.445 e. The van der Waals surface area contributed by atoms with Gasteiger partial charge in [-0.2, -0.15) is 8.78 Å². The van der Waals surface area contributed by atoms with Gasteiger partial charge in [-0.15, -0.1) is 0 Å². The first kappa shape index (κ1) is 15.2. The van der Waals surface area contributed by atoms with Crippen molar-refractivity contribution in [1.82, 2.24) is 0 Å². The molecule has 0 aromatic heterocycles. The van der Waals surface area contributed by atoms with Crippen LogP contribution in [-0.4, -0.2) is 19.3 Å². The molecule has 0 saturated heterocycles. The lowest BCUT2D eigenvalue weighted by atomic mass is 10.3. The van der Waals surface area contributed by atoms with Gasteiger partial charge in [0.2, 0.25) is 0 Å². The molecule has 0 spiro atoms. The van der Waals surface area contributed by atoms with E-state index in [1.54, 1.807) is 19.1 Å². The van der Waals surface area contributed by atoms with E-state index < -0.39 is 12.7 Å². The molecule has 19 heavy (non-hydrogen) atoms. The van der Waals surface area contributed by atoms with Crippen molar-refractivity contribution in [2.45, 2.75) is 13.5 Å². The van der Waals surface area contributed by atoms with Crippen molar-refractivity contribution in [2.24, 2.45) is 0 Å². The van der Waals surface area contributed by atoms with Crippen LogP contribution in [0, 0.1) is 0 Å². The van der Waals surface area contributed by atoms with Gasteiger partial charge in [0.05, 0.1) is 5.02 Å². The third-order valence-corrected chi connectivity index (χ3v) is 2.24. The van der Waals surface area contributed by atoms with Crippen molar-refractivity contribution >= 4 is 23.4 Å². The lowest BCUT2D eigenvalue weighted by Crippen LogP contribution is -2.13. The van der Waals surface area contributed by atoms with E-state index in [1.165, 1.54) is 18.2 Å². The van der Waals surface area contributed by atoms with Gasteiger partial charge in [0.25, 0.3) is 0 Å². The molecular formula is C12H12ClF2NO3. The first-order valence-corrected chi connectivity index (χ1v) is 5.70. The Morgan fingerprint density at radius 3 is 2.84 bits per heavy atom. The summed E-state index contributed by atoms with van der Waals surface area (Å²) in [6, 6.07) is 3.90. The topological polar surface area (TPSA) is 47.6 Å². The molecular weight excluding hydrogens is 280 g/mol. The highest BCUT2D eigenvalue weighted by molar-refractivity contribution is 6.32. The molecule has 1 aromatic carbocycles. The third-order valence-electron chi connectivity index (χ3n) is 1.94. The number of amides is 1. The van der Waals surface area contributed by atoms with Crippen molar-refractivity contribution in [1.29, 1.82) is 0 Å². The molecule has 1 amide bonds. The zero-order valence-electron chi connectivity index (χ0n) is 10.0. The SMILES string of the molecule is CC=CCOC(=O)Nc1ccc(OC(F)F)c(Cl)c1. The van der Waals surface area contributed by atoms with Gasteiger partial charge in [-0.1, -0.05) is 23.8 Å². The van der Waals surface area contributed by atoms with Crippen LogP contribution in [0.25, 0.3) is 0 Å². The maximum Gasteiger partial charge on any atom is 0.411 e. The summed E-state index contributed by atoms with van der Waals surface area (Å²) >= 11 is 5.72. The Labute approximate surface area is 114 Å². The number of carbonyl (C=O) groups is 1. The zero-order valence-corrected chi connectivity index (χ0v) is 10.8. The van der Waals surface area contributed by atoms with Crippen LogP contribution in [0.15, 0.2) is 30.4 Å². The largest absolute Gasteiger partial charge is 0.445 e. The number of hydrogen-bond acceptors (Lipinski definition) is 3. The second-order valence-electron chi connectivity index (χ2n) is 3.32. The van der Waals surface area contributed by atoms with Crippen LogP contribution in [0.3, 0.4) is 0 Å². The summed E-state index contributed by atoms with van der Waals surface area (Å²) in [6.07, 6.45) is 2.73. The fourth-order valence-electron chi connectivity index (χ4n) is 1.14. The number of anilines is 1. The fourth-order valence-corrected chi connectivity index (χ4v) is 1.37. The second-order valence-corrected chi connectivity index (χ2v) is 3.72. The first-order valence-electron chi connectivity index (χ1n) is 5.32. The van der Waals surface area contributed by atoms with Crippen LogP contribution in [0.1, 0.15) is 6.92 Å². The van der Waals surface area contributed by atoms with Crippen LogP contribution < -0.4 is 10.1 Å². The van der Waals surface area contributed by atoms with Gasteiger partial charge in [-0.05, 0) is 25.1 Å². The van der Waals surface area contributed by atoms with Gasteiger partial charge >= 0.3 is 12.7 Å². The molecule has 1 aromatic rings. The van der Waals surface area contributed by atoms with Crippen molar-refractivity contribution in [3.8, 4) is 5.75 Å². The Hall–Kier alpha value is -1.82. The molecule has 7 heteroatoms. The summed E-state index contributed by atoms with van der Waals surface area (Å²) in [5.41, 5.74) is 0.317. The van der Waals surface area contributed by atoms with E-state index >= 15 is 0 Å². The lowest BCUT2D eigenvalue weighted by molar-refractivity contribution is -0.0497. The molecule has 0 aliphatic rings. The van der Waals surface area contributed by atoms with E-state index in [4.69, 9.17) is 16.3 Å². The van der Waals surface area contributed by atoms with Crippen molar-refractivity contribution < 1.29 is 23.0 Å². The molecule has 0 atom stereocenters. The molecule has 1 rings (SSSR count). The molecule has 0 aliphatic heterocycles. The summed E-state index contributed by atoms with van der Waals surface area (Å²) in [4.78, 5) is 11.3. The summed E-state index contributed by atoms with van der Waals surface area (Å²) in [5.74, 6) is -0.162. The van der Waals surface area contributed by atoms with Crippen molar-refractivity contribution in [3.63, 3.8) is 0 Å². The molecule has 0 saturated carbocycles. The monoisotopic (exact) mass is 291 g/mol. The highest BCUT2D eigenvalue weighted by Crippen LogP contribution is 2.28. The predicted molar refractivity (Wildman–Crippen MR) is 67.9 cm³/mol. The van der Waals surface area contributed by atoms with Crippen molar-refractivity contribution in [3.05, 3.63) is 35.4 Å². The molecule has 0 unspecified atom stereocenters. The number of allylic oxidation sites excluding steroid dienone is 1. The molecule has 0 aliphatic carbocycles. The Balaban J connectivity index is 2.60. The maximum atomic E-state index is 12.0. The van der Waals surface area contributed by atoms with Crippen LogP contribution in [0.5, 0.6) is 5.75 Å². The molecule has 104 valence electrons. The van der Waals surface area contributed by atoms with Crippen LogP contribution >= 0.6 is 11.6 Å². The smallest absolute Gasteiger partial charge is 0.411 e. The van der Waals surface area contributed by atoms with Gasteiger partial charge in [0.15, 0.2) is 0 Å². The Morgan fingerprint density at radius 2 is 2.26 bits per heavy atom. The minimum atomic E-state index is -2.96. The van der Waals surface area contributed by atoms with Gasteiger partial charge in [-0.25, -0.2) is 4.79 Å². The number of halogens is 3. The number of hydrogen-bond donors (Lipinski definition) is 1. The number of alkyl halides is 2. The van der Waals surface area contributed by atoms with Crippen molar-refractivity contribution in [2.75, 3.05) is 11.9 Å². The Morgan fingerprint density at radius 1 is 1.53 bits per heavy atom. The number of ether oxygens (including phenoxy) is 2. The molecule has 4 nitrogen and oxygen atoms in total. The number of carbonyl (C=O) groups excluding carboxylic acids is 1. The standard InChI is InChI=1S/C12H12ClF2NO3/c1-2-3-6-18-12(17)16-8-4-5-10(9(13)7-8)19-11(14)15/h2-5,7,11H,6H2,1H3,(H,16,17). The summed E-state index contributed by atoms with van der Waals surface area (Å²) in [5, 5.41) is 2.36. The first-order chi connectivity index (χ1) is 9.02. The van der Waals surface area contributed by atoms with Gasteiger partial charge in [0.1, 0.15) is 12.4 Å². The van der Waals surface area contributed by atoms with E-state index in [2.05, 4.69) is 10.1 Å². The predicted octanol–water partition coefficient (Wildman–Crippen LogP) is 4.07. The average Bonchev–Trinajstić information content (AvgIpc) is 2.32. The summed E-state index contributed by atoms with van der Waals surface area (Å²) in [6.45, 7) is -1.02. The summed E-state index contributed by atoms with van der Waals surface area (Å²) in [7, 11) is 0. The van der Waals surface area contributed by atoms with E-state index in [0.29, 0.717) is 5.69 Å². The fraction of sp³-hybridized carbons (Fsp3) is 0.250. The zero-order chi connectivity index (χ0) is 14.3. The van der Waals surface area contributed by atoms with Gasteiger partial charge < -0.3 is 9.47 Å².